The summed E-state index contributed by atoms with van der Waals surface area (Å²) in [7, 11) is 2.16. The lowest BCUT2D eigenvalue weighted by Gasteiger charge is -2.14. The van der Waals surface area contributed by atoms with Gasteiger partial charge in [0.1, 0.15) is 0 Å². The molecule has 20 heavy (non-hydrogen) atoms. The summed E-state index contributed by atoms with van der Waals surface area (Å²) in [5.74, 6) is 0.591. The molecule has 2 aromatic rings. The first-order chi connectivity index (χ1) is 9.60. The van der Waals surface area contributed by atoms with E-state index in [0.29, 0.717) is 5.92 Å². The summed E-state index contributed by atoms with van der Waals surface area (Å²) in [4.78, 5) is 2.32. The van der Waals surface area contributed by atoms with Crippen molar-refractivity contribution in [2.45, 2.75) is 33.2 Å². The minimum absolute atomic E-state index is 0.591. The molecule has 1 nitrogen and oxygen atoms in total. The zero-order valence-corrected chi connectivity index (χ0v) is 13.1. The van der Waals surface area contributed by atoms with Crippen LogP contribution in [0.4, 0.5) is 0 Å². The monoisotopic (exact) mass is 267 g/mol. The summed E-state index contributed by atoms with van der Waals surface area (Å²) in [6, 6.07) is 17.8. The molecule has 0 unspecified atom stereocenters. The van der Waals surface area contributed by atoms with E-state index in [1.807, 2.05) is 0 Å². The van der Waals surface area contributed by atoms with Gasteiger partial charge in [0.25, 0.3) is 0 Å². The predicted octanol–water partition coefficient (Wildman–Crippen LogP) is 4.93. The smallest absolute Gasteiger partial charge is 0.0230 e. The summed E-state index contributed by atoms with van der Waals surface area (Å²) in [6.07, 6.45) is 0. The molecule has 0 aliphatic carbocycles. The number of benzene rings is 2. The van der Waals surface area contributed by atoms with Gasteiger partial charge in [-0.05, 0) is 47.8 Å². The minimum Gasteiger partial charge on any atom is -0.302 e. The topological polar surface area (TPSA) is 3.24 Å². The van der Waals surface area contributed by atoms with Crippen molar-refractivity contribution in [3.63, 3.8) is 0 Å². The number of rotatable bonds is 5. The van der Waals surface area contributed by atoms with Crippen LogP contribution in [0.25, 0.3) is 11.1 Å². The predicted molar refractivity (Wildman–Crippen MR) is 88.0 cm³/mol. The molecule has 0 aromatic heterocycles. The average Bonchev–Trinajstić information content (AvgIpc) is 2.47. The molecular weight excluding hydrogens is 242 g/mol. The normalized spacial score (nSPS) is 11.3. The van der Waals surface area contributed by atoms with Gasteiger partial charge in [-0.2, -0.15) is 0 Å². The Labute approximate surface area is 123 Å². The molecule has 0 aliphatic heterocycles. The quantitative estimate of drug-likeness (QED) is 0.742. The molecule has 1 heteroatoms. The molecule has 0 radical (unpaired) electrons. The number of hydrogen-bond donors (Lipinski definition) is 0. The second kappa shape index (κ2) is 6.71. The molecule has 0 amide bonds. The largest absolute Gasteiger partial charge is 0.302 e. The van der Waals surface area contributed by atoms with Crippen LogP contribution in [0.2, 0.25) is 0 Å². The third-order valence-corrected chi connectivity index (χ3v) is 3.83. The van der Waals surface area contributed by atoms with E-state index < -0.39 is 0 Å². The van der Waals surface area contributed by atoms with Crippen LogP contribution in [0.5, 0.6) is 0 Å². The lowest BCUT2D eigenvalue weighted by atomic mass is 9.98. The Morgan fingerprint density at radius 3 is 2.25 bits per heavy atom. The van der Waals surface area contributed by atoms with E-state index in [0.717, 1.165) is 13.1 Å². The highest BCUT2D eigenvalue weighted by Gasteiger charge is 2.03. The van der Waals surface area contributed by atoms with Crippen molar-refractivity contribution in [2.24, 2.45) is 0 Å². The fraction of sp³-hybridized carbons (Fsp3) is 0.368. The van der Waals surface area contributed by atoms with E-state index in [1.54, 1.807) is 0 Å². The van der Waals surface area contributed by atoms with Crippen LogP contribution in [0.15, 0.2) is 48.5 Å². The van der Waals surface area contributed by atoms with E-state index in [9.17, 15) is 0 Å². The summed E-state index contributed by atoms with van der Waals surface area (Å²) in [5, 5.41) is 0. The first kappa shape index (κ1) is 14.8. The average molecular weight is 267 g/mol. The molecular formula is C19H25N. The molecule has 0 aliphatic rings. The lowest BCUT2D eigenvalue weighted by Crippen LogP contribution is -2.16. The van der Waals surface area contributed by atoms with Crippen molar-refractivity contribution in [2.75, 3.05) is 13.6 Å². The molecule has 0 saturated carbocycles. The Morgan fingerprint density at radius 1 is 0.950 bits per heavy atom. The van der Waals surface area contributed by atoms with Gasteiger partial charge in [-0.3, -0.25) is 0 Å². The molecule has 0 bridgehead atoms. The van der Waals surface area contributed by atoms with Crippen LogP contribution in [0, 0.1) is 0 Å². The van der Waals surface area contributed by atoms with Gasteiger partial charge in [-0.15, -0.1) is 0 Å². The van der Waals surface area contributed by atoms with Crippen LogP contribution in [-0.2, 0) is 6.54 Å². The third-order valence-electron chi connectivity index (χ3n) is 3.83. The third kappa shape index (κ3) is 3.71. The fourth-order valence-electron chi connectivity index (χ4n) is 2.33. The van der Waals surface area contributed by atoms with E-state index in [1.165, 1.54) is 22.3 Å². The highest BCUT2D eigenvalue weighted by molar-refractivity contribution is 5.64. The molecule has 2 aromatic carbocycles. The van der Waals surface area contributed by atoms with E-state index >= 15 is 0 Å². The van der Waals surface area contributed by atoms with Crippen molar-refractivity contribution in [3.8, 4) is 11.1 Å². The molecule has 2 rings (SSSR count). The molecule has 0 N–H and O–H groups in total. The van der Waals surface area contributed by atoms with Crippen molar-refractivity contribution in [1.82, 2.24) is 4.90 Å². The van der Waals surface area contributed by atoms with E-state index in [-0.39, 0.29) is 0 Å². The van der Waals surface area contributed by atoms with Gasteiger partial charge in [-0.25, -0.2) is 0 Å². The highest BCUT2D eigenvalue weighted by atomic mass is 15.1. The van der Waals surface area contributed by atoms with Gasteiger partial charge in [-0.1, -0.05) is 63.2 Å². The molecule has 0 spiro atoms. The molecule has 0 fully saturated rings. The van der Waals surface area contributed by atoms with E-state index in [2.05, 4.69) is 81.2 Å². The maximum absolute atomic E-state index is 2.32. The molecule has 106 valence electrons. The second-order valence-corrected chi connectivity index (χ2v) is 5.81. The van der Waals surface area contributed by atoms with Crippen molar-refractivity contribution in [1.29, 1.82) is 0 Å². The van der Waals surface area contributed by atoms with Crippen molar-refractivity contribution in [3.05, 3.63) is 59.7 Å². The van der Waals surface area contributed by atoms with Crippen LogP contribution in [-0.4, -0.2) is 18.5 Å². The standard InChI is InChI=1S/C19H25N/c1-5-20(4)14-16-7-6-8-19(13-16)18-11-9-17(10-12-18)15(2)3/h6-13,15H,5,14H2,1-4H3. The van der Waals surface area contributed by atoms with Gasteiger partial charge in [0.15, 0.2) is 0 Å². The van der Waals surface area contributed by atoms with Crippen LogP contribution < -0.4 is 0 Å². The number of hydrogen-bond acceptors (Lipinski definition) is 1. The molecule has 0 heterocycles. The zero-order valence-electron chi connectivity index (χ0n) is 13.1. The van der Waals surface area contributed by atoms with E-state index in [4.69, 9.17) is 0 Å². The maximum Gasteiger partial charge on any atom is 0.0230 e. The van der Waals surface area contributed by atoms with Gasteiger partial charge >= 0.3 is 0 Å². The van der Waals surface area contributed by atoms with Crippen LogP contribution in [0.3, 0.4) is 0 Å². The summed E-state index contributed by atoms with van der Waals surface area (Å²) in [5.41, 5.74) is 5.38. The van der Waals surface area contributed by atoms with Crippen molar-refractivity contribution >= 4 is 0 Å². The molecule has 0 saturated heterocycles. The summed E-state index contributed by atoms with van der Waals surface area (Å²) in [6.45, 7) is 8.74. The van der Waals surface area contributed by atoms with Crippen molar-refractivity contribution < 1.29 is 0 Å². The lowest BCUT2D eigenvalue weighted by molar-refractivity contribution is 0.346. The fourth-order valence-corrected chi connectivity index (χ4v) is 2.33. The first-order valence-electron chi connectivity index (χ1n) is 7.48. The Balaban J connectivity index is 2.22. The Hall–Kier alpha value is -1.60. The highest BCUT2D eigenvalue weighted by Crippen LogP contribution is 2.23. The summed E-state index contributed by atoms with van der Waals surface area (Å²) >= 11 is 0. The Morgan fingerprint density at radius 2 is 1.65 bits per heavy atom. The second-order valence-electron chi connectivity index (χ2n) is 5.81. The molecule has 0 atom stereocenters. The first-order valence-corrected chi connectivity index (χ1v) is 7.48. The Bertz CT molecular complexity index is 540. The van der Waals surface area contributed by atoms with Crippen LogP contribution >= 0.6 is 0 Å². The minimum atomic E-state index is 0.591. The van der Waals surface area contributed by atoms with Gasteiger partial charge < -0.3 is 4.90 Å². The van der Waals surface area contributed by atoms with Gasteiger partial charge in [0.2, 0.25) is 0 Å². The maximum atomic E-state index is 2.32. The zero-order chi connectivity index (χ0) is 14.5. The SMILES string of the molecule is CCN(C)Cc1cccc(-c2ccc(C(C)C)cc2)c1. The Kier molecular flexibility index (Phi) is 4.97. The number of nitrogens with zero attached hydrogens (tertiary/aromatic N) is 1. The van der Waals surface area contributed by atoms with Gasteiger partial charge in [0, 0.05) is 6.54 Å². The summed E-state index contributed by atoms with van der Waals surface area (Å²) < 4.78 is 0. The van der Waals surface area contributed by atoms with Gasteiger partial charge in [0.05, 0.1) is 0 Å². The van der Waals surface area contributed by atoms with Crippen LogP contribution in [0.1, 0.15) is 37.8 Å².